The maximum absolute atomic E-state index is 11.7. The highest BCUT2D eigenvalue weighted by Crippen LogP contribution is 2.22. The molecule has 0 spiro atoms. The van der Waals surface area contributed by atoms with Crippen LogP contribution in [0.15, 0.2) is 24.3 Å². The van der Waals surface area contributed by atoms with E-state index in [1.165, 1.54) is 0 Å². The van der Waals surface area contributed by atoms with Crippen molar-refractivity contribution in [3.8, 4) is 0 Å². The Morgan fingerprint density at radius 2 is 1.95 bits per heavy atom. The van der Waals surface area contributed by atoms with E-state index in [2.05, 4.69) is 5.32 Å². The number of anilines is 2. The van der Waals surface area contributed by atoms with Crippen LogP contribution in [0.1, 0.15) is 26.7 Å². The number of ether oxygens (including phenoxy) is 1. The molecule has 0 atom stereocenters. The molecule has 22 heavy (non-hydrogen) atoms. The predicted molar refractivity (Wildman–Crippen MR) is 82.5 cm³/mol. The summed E-state index contributed by atoms with van der Waals surface area (Å²) in [6.45, 7) is 3.84. The number of carbonyl (C=O) groups excluding carboxylic acids is 3. The number of benzene rings is 1. The van der Waals surface area contributed by atoms with Crippen LogP contribution in [0.4, 0.5) is 11.4 Å². The topological polar surface area (TPSA) is 75.7 Å². The second-order valence-corrected chi connectivity index (χ2v) is 5.51. The Hall–Kier alpha value is -2.37. The number of rotatable bonds is 5. The number of nitrogens with one attached hydrogen (secondary N) is 1. The molecule has 1 aromatic carbocycles. The lowest BCUT2D eigenvalue weighted by Crippen LogP contribution is -2.24. The van der Waals surface area contributed by atoms with E-state index >= 15 is 0 Å². The van der Waals surface area contributed by atoms with Gasteiger partial charge in [-0.05, 0) is 30.7 Å². The zero-order chi connectivity index (χ0) is 16.1. The largest absolute Gasteiger partial charge is 0.455 e. The summed E-state index contributed by atoms with van der Waals surface area (Å²) in [5.74, 6) is -0.931. The molecular weight excluding hydrogens is 284 g/mol. The molecule has 0 unspecified atom stereocenters. The van der Waals surface area contributed by atoms with Crippen molar-refractivity contribution >= 4 is 29.2 Å². The summed E-state index contributed by atoms with van der Waals surface area (Å²) in [6.07, 6.45) is 1.46. The average molecular weight is 304 g/mol. The van der Waals surface area contributed by atoms with Crippen molar-refractivity contribution in [1.82, 2.24) is 0 Å². The van der Waals surface area contributed by atoms with Crippen LogP contribution in [0.3, 0.4) is 0 Å². The van der Waals surface area contributed by atoms with Gasteiger partial charge < -0.3 is 15.0 Å². The van der Waals surface area contributed by atoms with Gasteiger partial charge >= 0.3 is 5.97 Å². The molecule has 0 radical (unpaired) electrons. The highest BCUT2D eigenvalue weighted by Gasteiger charge is 2.21. The van der Waals surface area contributed by atoms with Gasteiger partial charge in [0.25, 0.3) is 5.91 Å². The van der Waals surface area contributed by atoms with Crippen LogP contribution in [-0.2, 0) is 19.1 Å². The van der Waals surface area contributed by atoms with Crippen LogP contribution in [0.5, 0.6) is 0 Å². The summed E-state index contributed by atoms with van der Waals surface area (Å²) in [4.78, 5) is 36.3. The molecule has 6 heteroatoms. The molecule has 0 aromatic heterocycles. The fourth-order valence-electron chi connectivity index (χ4n) is 2.15. The van der Waals surface area contributed by atoms with E-state index in [0.29, 0.717) is 12.1 Å². The van der Waals surface area contributed by atoms with E-state index < -0.39 is 5.97 Å². The zero-order valence-corrected chi connectivity index (χ0v) is 12.8. The van der Waals surface area contributed by atoms with E-state index in [0.717, 1.165) is 18.7 Å². The van der Waals surface area contributed by atoms with Crippen molar-refractivity contribution < 1.29 is 19.1 Å². The first-order valence-corrected chi connectivity index (χ1v) is 7.34. The zero-order valence-electron chi connectivity index (χ0n) is 12.8. The number of esters is 1. The molecule has 1 saturated heterocycles. The van der Waals surface area contributed by atoms with E-state index in [-0.39, 0.29) is 24.3 Å². The molecule has 1 heterocycles. The fourth-order valence-corrected chi connectivity index (χ4v) is 2.15. The molecule has 6 nitrogen and oxygen atoms in total. The van der Waals surface area contributed by atoms with Gasteiger partial charge in [-0.2, -0.15) is 0 Å². The lowest BCUT2D eigenvalue weighted by atomic mass is 10.2. The Bertz CT molecular complexity index is 566. The minimum atomic E-state index is -0.405. The smallest absolute Gasteiger partial charge is 0.308 e. The van der Waals surface area contributed by atoms with Gasteiger partial charge in [0.1, 0.15) is 0 Å². The van der Waals surface area contributed by atoms with Crippen LogP contribution >= 0.6 is 0 Å². The summed E-state index contributed by atoms with van der Waals surface area (Å²) in [6, 6.07) is 7.03. The molecule has 2 rings (SSSR count). The molecular formula is C16H20N2O4. The lowest BCUT2D eigenvalue weighted by molar-refractivity contribution is -0.150. The first-order valence-electron chi connectivity index (χ1n) is 7.34. The quantitative estimate of drug-likeness (QED) is 0.844. The van der Waals surface area contributed by atoms with E-state index in [1.54, 1.807) is 43.0 Å². The van der Waals surface area contributed by atoms with Gasteiger partial charge in [-0.3, -0.25) is 14.4 Å². The molecule has 2 amide bonds. The van der Waals surface area contributed by atoms with E-state index in [9.17, 15) is 14.4 Å². The highest BCUT2D eigenvalue weighted by atomic mass is 16.5. The maximum atomic E-state index is 11.7. The standard InChI is InChI=1S/C16H20N2O4/c1-11(2)16(21)22-10-14(19)17-12-5-7-13(8-6-12)18-9-3-4-15(18)20/h5-8,11H,3-4,9-10H2,1-2H3,(H,17,19). The van der Waals surface area contributed by atoms with Crippen molar-refractivity contribution in [1.29, 1.82) is 0 Å². The Morgan fingerprint density at radius 3 is 2.50 bits per heavy atom. The van der Waals surface area contributed by atoms with Crippen molar-refractivity contribution in [3.63, 3.8) is 0 Å². The van der Waals surface area contributed by atoms with Crippen LogP contribution in [0.2, 0.25) is 0 Å². The van der Waals surface area contributed by atoms with Crippen LogP contribution < -0.4 is 10.2 Å². The minimum Gasteiger partial charge on any atom is -0.455 e. The molecule has 1 aliphatic rings. The van der Waals surface area contributed by atoms with Crippen LogP contribution in [0.25, 0.3) is 0 Å². The van der Waals surface area contributed by atoms with E-state index in [1.807, 2.05) is 0 Å². The second-order valence-electron chi connectivity index (χ2n) is 5.51. The van der Waals surface area contributed by atoms with Gasteiger partial charge in [-0.1, -0.05) is 13.8 Å². The Kier molecular flexibility index (Phi) is 5.14. The molecule has 1 aliphatic heterocycles. The Morgan fingerprint density at radius 1 is 1.27 bits per heavy atom. The molecule has 1 aromatic rings. The van der Waals surface area contributed by atoms with Crippen molar-refractivity contribution in [2.75, 3.05) is 23.4 Å². The summed E-state index contributed by atoms with van der Waals surface area (Å²) >= 11 is 0. The minimum absolute atomic E-state index is 0.123. The summed E-state index contributed by atoms with van der Waals surface area (Å²) in [5.41, 5.74) is 1.42. The van der Waals surface area contributed by atoms with E-state index in [4.69, 9.17) is 4.74 Å². The first kappa shape index (κ1) is 16.0. The maximum Gasteiger partial charge on any atom is 0.308 e. The predicted octanol–water partition coefficient (Wildman–Crippen LogP) is 1.95. The number of amides is 2. The number of nitrogens with zero attached hydrogens (tertiary/aromatic N) is 1. The van der Waals surface area contributed by atoms with Crippen molar-refractivity contribution in [3.05, 3.63) is 24.3 Å². The molecule has 1 N–H and O–H groups in total. The normalized spacial score (nSPS) is 14.3. The summed E-state index contributed by atoms with van der Waals surface area (Å²) < 4.78 is 4.85. The molecule has 0 bridgehead atoms. The Balaban J connectivity index is 1.87. The Labute approximate surface area is 129 Å². The number of hydrogen-bond donors (Lipinski definition) is 1. The van der Waals surface area contributed by atoms with Crippen LogP contribution in [-0.4, -0.2) is 30.9 Å². The molecule has 118 valence electrons. The van der Waals surface area contributed by atoms with Crippen molar-refractivity contribution in [2.45, 2.75) is 26.7 Å². The third kappa shape index (κ3) is 4.07. The van der Waals surface area contributed by atoms with Gasteiger partial charge in [-0.15, -0.1) is 0 Å². The monoisotopic (exact) mass is 304 g/mol. The van der Waals surface area contributed by atoms with Gasteiger partial charge in [0.05, 0.1) is 5.92 Å². The molecule has 0 aliphatic carbocycles. The second kappa shape index (κ2) is 7.06. The van der Waals surface area contributed by atoms with Gasteiger partial charge in [-0.25, -0.2) is 0 Å². The van der Waals surface area contributed by atoms with Gasteiger partial charge in [0.2, 0.25) is 5.91 Å². The lowest BCUT2D eigenvalue weighted by Gasteiger charge is -2.16. The van der Waals surface area contributed by atoms with Gasteiger partial charge in [0, 0.05) is 24.3 Å². The highest BCUT2D eigenvalue weighted by molar-refractivity contribution is 5.96. The number of carbonyl (C=O) groups is 3. The third-order valence-corrected chi connectivity index (χ3v) is 3.35. The average Bonchev–Trinajstić information content (AvgIpc) is 2.91. The van der Waals surface area contributed by atoms with Crippen LogP contribution in [0, 0.1) is 5.92 Å². The van der Waals surface area contributed by atoms with Gasteiger partial charge in [0.15, 0.2) is 6.61 Å². The molecule has 0 saturated carbocycles. The molecule has 1 fully saturated rings. The van der Waals surface area contributed by atoms with Crippen molar-refractivity contribution in [2.24, 2.45) is 5.92 Å². The number of hydrogen-bond acceptors (Lipinski definition) is 4. The third-order valence-electron chi connectivity index (χ3n) is 3.35. The summed E-state index contributed by atoms with van der Waals surface area (Å²) in [5, 5.41) is 2.65. The SMILES string of the molecule is CC(C)C(=O)OCC(=O)Nc1ccc(N2CCCC2=O)cc1. The summed E-state index contributed by atoms with van der Waals surface area (Å²) in [7, 11) is 0. The first-order chi connectivity index (χ1) is 10.5. The fraction of sp³-hybridized carbons (Fsp3) is 0.438.